The molecule has 2 aromatic rings. The molecule has 0 bridgehead atoms. The van der Waals surface area contributed by atoms with Crippen LogP contribution in [0.5, 0.6) is 0 Å². The highest BCUT2D eigenvalue weighted by molar-refractivity contribution is 7.15. The van der Waals surface area contributed by atoms with Gasteiger partial charge in [-0.15, -0.1) is 11.3 Å². The molecule has 0 amide bonds. The zero-order valence-corrected chi connectivity index (χ0v) is 12.3. The SMILES string of the molecule is CCNCc1ccc(-c2ccc(Cl)c(C(F)(F)F)c2)s1. The van der Waals surface area contributed by atoms with Crippen molar-refractivity contribution >= 4 is 22.9 Å². The first-order chi connectivity index (χ1) is 9.41. The lowest BCUT2D eigenvalue weighted by molar-refractivity contribution is -0.137. The van der Waals surface area contributed by atoms with Crippen LogP contribution in [0.3, 0.4) is 0 Å². The molecule has 1 N–H and O–H groups in total. The Labute approximate surface area is 124 Å². The third-order valence-corrected chi connectivity index (χ3v) is 4.23. The molecular formula is C14H13ClF3NS. The van der Waals surface area contributed by atoms with Crippen molar-refractivity contribution in [2.24, 2.45) is 0 Å². The molecule has 0 aliphatic rings. The van der Waals surface area contributed by atoms with Gasteiger partial charge in [-0.3, -0.25) is 0 Å². The van der Waals surface area contributed by atoms with Crippen LogP contribution in [0, 0.1) is 0 Å². The first-order valence-electron chi connectivity index (χ1n) is 6.08. The summed E-state index contributed by atoms with van der Waals surface area (Å²) in [6.07, 6.45) is -4.43. The van der Waals surface area contributed by atoms with E-state index < -0.39 is 11.7 Å². The molecule has 1 aromatic heterocycles. The lowest BCUT2D eigenvalue weighted by Gasteiger charge is -2.10. The molecule has 0 spiro atoms. The lowest BCUT2D eigenvalue weighted by atomic mass is 10.1. The van der Waals surface area contributed by atoms with Crippen LogP contribution in [0.15, 0.2) is 30.3 Å². The van der Waals surface area contributed by atoms with E-state index in [1.165, 1.54) is 17.4 Å². The van der Waals surface area contributed by atoms with Gasteiger partial charge in [0.25, 0.3) is 0 Å². The Bertz CT molecular complexity index is 592. The topological polar surface area (TPSA) is 12.0 Å². The summed E-state index contributed by atoms with van der Waals surface area (Å²) in [5.41, 5.74) is -0.257. The number of nitrogens with one attached hydrogen (secondary N) is 1. The van der Waals surface area contributed by atoms with Gasteiger partial charge < -0.3 is 5.32 Å². The van der Waals surface area contributed by atoms with Crippen molar-refractivity contribution in [3.05, 3.63) is 45.8 Å². The summed E-state index contributed by atoms with van der Waals surface area (Å²) < 4.78 is 38.5. The molecule has 0 unspecified atom stereocenters. The van der Waals surface area contributed by atoms with Crippen molar-refractivity contribution in [1.29, 1.82) is 0 Å². The lowest BCUT2D eigenvalue weighted by Crippen LogP contribution is -2.10. The van der Waals surface area contributed by atoms with Crippen LogP contribution in [-0.2, 0) is 12.7 Å². The van der Waals surface area contributed by atoms with Gasteiger partial charge in [0.2, 0.25) is 0 Å². The molecule has 1 nitrogen and oxygen atoms in total. The quantitative estimate of drug-likeness (QED) is 0.817. The Hall–Kier alpha value is -1.04. The Morgan fingerprint density at radius 3 is 2.60 bits per heavy atom. The van der Waals surface area contributed by atoms with Gasteiger partial charge >= 0.3 is 6.18 Å². The summed E-state index contributed by atoms with van der Waals surface area (Å²) in [7, 11) is 0. The van der Waals surface area contributed by atoms with E-state index in [9.17, 15) is 13.2 Å². The van der Waals surface area contributed by atoms with Crippen LogP contribution in [0.4, 0.5) is 13.2 Å². The van der Waals surface area contributed by atoms with Gasteiger partial charge in [0.15, 0.2) is 0 Å². The van der Waals surface area contributed by atoms with Crippen LogP contribution in [0.2, 0.25) is 5.02 Å². The largest absolute Gasteiger partial charge is 0.417 e. The fraction of sp³-hybridized carbons (Fsp3) is 0.286. The van der Waals surface area contributed by atoms with Crippen LogP contribution < -0.4 is 5.32 Å². The maximum atomic E-state index is 12.8. The van der Waals surface area contributed by atoms with Gasteiger partial charge in [-0.2, -0.15) is 13.2 Å². The minimum atomic E-state index is -4.43. The molecule has 1 heterocycles. The highest BCUT2D eigenvalue weighted by atomic mass is 35.5. The zero-order chi connectivity index (χ0) is 14.8. The van der Waals surface area contributed by atoms with E-state index in [0.717, 1.165) is 28.9 Å². The monoisotopic (exact) mass is 319 g/mol. The predicted octanol–water partition coefficient (Wildman–Crippen LogP) is 5.20. The minimum Gasteiger partial charge on any atom is -0.312 e. The molecule has 0 aliphatic heterocycles. The molecule has 20 heavy (non-hydrogen) atoms. The highest BCUT2D eigenvalue weighted by Crippen LogP contribution is 2.38. The Balaban J connectivity index is 2.31. The van der Waals surface area contributed by atoms with Gasteiger partial charge in [-0.05, 0) is 36.4 Å². The average Bonchev–Trinajstić information content (AvgIpc) is 2.84. The van der Waals surface area contributed by atoms with Crippen LogP contribution in [-0.4, -0.2) is 6.54 Å². The standard InChI is InChI=1S/C14H13ClF3NS/c1-2-19-8-10-4-6-13(20-10)9-3-5-12(15)11(7-9)14(16,17)18/h3-7,19H,2,8H2,1H3. The van der Waals surface area contributed by atoms with E-state index >= 15 is 0 Å². The molecular weight excluding hydrogens is 307 g/mol. The number of halogens is 4. The molecule has 108 valence electrons. The smallest absolute Gasteiger partial charge is 0.312 e. The fourth-order valence-corrected chi connectivity index (χ4v) is 2.97. The minimum absolute atomic E-state index is 0.273. The van der Waals surface area contributed by atoms with Crippen molar-refractivity contribution in [1.82, 2.24) is 5.32 Å². The van der Waals surface area contributed by atoms with E-state index in [2.05, 4.69) is 5.32 Å². The molecule has 0 aliphatic carbocycles. The summed E-state index contributed by atoms with van der Waals surface area (Å²) >= 11 is 7.09. The highest BCUT2D eigenvalue weighted by Gasteiger charge is 2.33. The van der Waals surface area contributed by atoms with Crippen molar-refractivity contribution in [2.75, 3.05) is 6.54 Å². The maximum absolute atomic E-state index is 12.8. The number of rotatable bonds is 4. The zero-order valence-electron chi connectivity index (χ0n) is 10.7. The number of benzene rings is 1. The molecule has 0 saturated carbocycles. The van der Waals surface area contributed by atoms with E-state index in [-0.39, 0.29) is 5.02 Å². The molecule has 0 radical (unpaired) electrons. The molecule has 0 atom stereocenters. The predicted molar refractivity (Wildman–Crippen MR) is 77.1 cm³/mol. The second-order valence-corrected chi connectivity index (χ2v) is 5.81. The van der Waals surface area contributed by atoms with E-state index in [1.54, 1.807) is 6.07 Å². The second-order valence-electron chi connectivity index (χ2n) is 4.24. The van der Waals surface area contributed by atoms with Crippen molar-refractivity contribution in [3.63, 3.8) is 0 Å². The van der Waals surface area contributed by atoms with Gasteiger partial charge in [0.1, 0.15) is 0 Å². The van der Waals surface area contributed by atoms with Gasteiger partial charge in [0, 0.05) is 16.3 Å². The number of hydrogen-bond acceptors (Lipinski definition) is 2. The fourth-order valence-electron chi connectivity index (χ4n) is 1.77. The number of hydrogen-bond donors (Lipinski definition) is 1. The summed E-state index contributed by atoms with van der Waals surface area (Å²) in [6, 6.07) is 7.76. The third-order valence-electron chi connectivity index (χ3n) is 2.77. The first-order valence-corrected chi connectivity index (χ1v) is 7.28. The van der Waals surface area contributed by atoms with Crippen LogP contribution in [0.25, 0.3) is 10.4 Å². The number of alkyl halides is 3. The molecule has 0 saturated heterocycles. The summed E-state index contributed by atoms with van der Waals surface area (Å²) in [5, 5.41) is 2.91. The maximum Gasteiger partial charge on any atom is 0.417 e. The van der Waals surface area contributed by atoms with Crippen molar-refractivity contribution in [3.8, 4) is 10.4 Å². The summed E-state index contributed by atoms with van der Waals surface area (Å²) in [4.78, 5) is 1.89. The Kier molecular flexibility index (Phi) is 4.73. The van der Waals surface area contributed by atoms with Crippen molar-refractivity contribution < 1.29 is 13.2 Å². The van der Waals surface area contributed by atoms with E-state index in [1.807, 2.05) is 19.1 Å². The molecule has 0 fully saturated rings. The third kappa shape index (κ3) is 3.53. The van der Waals surface area contributed by atoms with E-state index in [0.29, 0.717) is 5.56 Å². The van der Waals surface area contributed by atoms with Gasteiger partial charge in [0.05, 0.1) is 10.6 Å². The molecule has 2 rings (SSSR count). The first kappa shape index (κ1) is 15.4. The molecule has 6 heteroatoms. The summed E-state index contributed by atoms with van der Waals surface area (Å²) in [5.74, 6) is 0. The second kappa shape index (κ2) is 6.16. The van der Waals surface area contributed by atoms with Crippen molar-refractivity contribution in [2.45, 2.75) is 19.6 Å². The molecule has 1 aromatic carbocycles. The van der Waals surface area contributed by atoms with E-state index in [4.69, 9.17) is 11.6 Å². The Morgan fingerprint density at radius 1 is 1.20 bits per heavy atom. The normalized spacial score (nSPS) is 11.8. The van der Waals surface area contributed by atoms with Gasteiger partial charge in [-0.1, -0.05) is 24.6 Å². The van der Waals surface area contributed by atoms with Crippen LogP contribution in [0.1, 0.15) is 17.4 Å². The van der Waals surface area contributed by atoms with Gasteiger partial charge in [-0.25, -0.2) is 0 Å². The van der Waals surface area contributed by atoms with Crippen LogP contribution >= 0.6 is 22.9 Å². The Morgan fingerprint density at radius 2 is 1.95 bits per heavy atom. The number of thiophene rings is 1. The summed E-state index contributed by atoms with van der Waals surface area (Å²) in [6.45, 7) is 3.58. The average molecular weight is 320 g/mol.